The third-order valence-corrected chi connectivity index (χ3v) is 12.3. The number of hydrogen-bond acceptors (Lipinski definition) is 4. The van der Waals surface area contributed by atoms with Crippen molar-refractivity contribution in [2.24, 2.45) is 0 Å². The van der Waals surface area contributed by atoms with Gasteiger partial charge in [-0.2, -0.15) is 26.9 Å². The Morgan fingerprint density at radius 2 is 0.943 bits per heavy atom. The average molecular weight is 537 g/mol. The minimum Gasteiger partial charge on any atom is -0.286 e. The van der Waals surface area contributed by atoms with Crippen LogP contribution >= 0.6 is 10.0 Å². The first-order chi connectivity index (χ1) is 16.6. The highest BCUT2D eigenvalue weighted by atomic mass is 32.3. The van der Waals surface area contributed by atoms with Gasteiger partial charge >= 0.3 is 0 Å². The van der Waals surface area contributed by atoms with Gasteiger partial charge in [-0.05, 0) is 82.5 Å². The molecule has 0 saturated heterocycles. The molecule has 0 aliphatic rings. The Hall–Kier alpha value is -2.17. The third-order valence-electron chi connectivity index (χ3n) is 6.01. The Bertz CT molecular complexity index is 1170. The van der Waals surface area contributed by atoms with Gasteiger partial charge in [-0.1, -0.05) is 61.0 Å². The van der Waals surface area contributed by atoms with Gasteiger partial charge in [-0.3, -0.25) is 9.11 Å². The van der Waals surface area contributed by atoms with Gasteiger partial charge in [0.15, 0.2) is 0 Å². The number of hydrogen-bond donors (Lipinski definition) is 2. The van der Waals surface area contributed by atoms with Gasteiger partial charge in [0.25, 0.3) is 20.2 Å². The van der Waals surface area contributed by atoms with Crippen LogP contribution < -0.4 is 0 Å². The lowest BCUT2D eigenvalue weighted by atomic mass is 10.1. The van der Waals surface area contributed by atoms with Crippen molar-refractivity contribution in [1.29, 1.82) is 0 Å². The molecule has 0 aromatic heterocycles. The Labute approximate surface area is 210 Å². The van der Waals surface area contributed by atoms with Crippen molar-refractivity contribution in [2.45, 2.75) is 52.0 Å². The van der Waals surface area contributed by atoms with Crippen molar-refractivity contribution >= 4 is 30.3 Å². The molecule has 0 heterocycles. The summed E-state index contributed by atoms with van der Waals surface area (Å²) in [5.74, 6) is 0.274. The summed E-state index contributed by atoms with van der Waals surface area (Å²) in [6.07, 6.45) is 1.44. The van der Waals surface area contributed by atoms with E-state index in [1.807, 2.05) is 54.6 Å². The summed E-state index contributed by atoms with van der Waals surface area (Å²) < 4.78 is 64.3. The normalized spacial score (nSPS) is 13.9. The standard InChI is InChI=1S/C26H32O6S3/c27-34(28,29)22-12-20-26(35(30,31)32)19-10-11-21-33(23-13-4-1-5-14-23,24-15-6-2-7-16-24)25-17-8-3-9-18-25/h1-9,13-18,26H,10-12,19-22H2,(H,27,28,29)(H,30,31,32). The van der Waals surface area contributed by atoms with Crippen molar-refractivity contribution in [3.63, 3.8) is 0 Å². The summed E-state index contributed by atoms with van der Waals surface area (Å²) in [5.41, 5.74) is 0. The van der Waals surface area contributed by atoms with Crippen molar-refractivity contribution in [3.05, 3.63) is 91.0 Å². The second-order valence-electron chi connectivity index (χ2n) is 8.44. The fraction of sp³-hybridized carbons (Fsp3) is 0.308. The first kappa shape index (κ1) is 27.4. The van der Waals surface area contributed by atoms with Gasteiger partial charge in [-0.15, -0.1) is 0 Å². The summed E-state index contributed by atoms with van der Waals surface area (Å²) in [5, 5.41) is -1.06. The fourth-order valence-corrected chi connectivity index (χ4v) is 9.83. The van der Waals surface area contributed by atoms with E-state index in [9.17, 15) is 21.4 Å². The summed E-state index contributed by atoms with van der Waals surface area (Å²) >= 11 is 0. The molecular formula is C26H32O6S3. The van der Waals surface area contributed by atoms with E-state index >= 15 is 0 Å². The highest BCUT2D eigenvalue weighted by Gasteiger charge is 2.31. The topological polar surface area (TPSA) is 109 Å². The van der Waals surface area contributed by atoms with E-state index in [1.165, 1.54) is 14.7 Å². The Morgan fingerprint density at radius 1 is 0.543 bits per heavy atom. The summed E-state index contributed by atoms with van der Waals surface area (Å²) in [7, 11) is -10.1. The number of unbranched alkanes of at least 4 members (excludes halogenated alkanes) is 1. The average Bonchev–Trinajstić information content (AvgIpc) is 2.83. The molecule has 0 spiro atoms. The van der Waals surface area contributed by atoms with Crippen LogP contribution in [0.3, 0.4) is 0 Å². The van der Waals surface area contributed by atoms with Gasteiger partial charge in [0, 0.05) is 0 Å². The Kier molecular flexibility index (Phi) is 9.54. The summed E-state index contributed by atoms with van der Waals surface area (Å²) in [4.78, 5) is 3.66. The first-order valence-electron chi connectivity index (χ1n) is 11.5. The maximum Gasteiger partial charge on any atom is 0.267 e. The van der Waals surface area contributed by atoms with Crippen molar-refractivity contribution < 1.29 is 25.9 Å². The predicted molar refractivity (Wildman–Crippen MR) is 141 cm³/mol. The maximum atomic E-state index is 11.9. The van der Waals surface area contributed by atoms with Gasteiger partial charge in [0.2, 0.25) is 0 Å². The van der Waals surface area contributed by atoms with Crippen LogP contribution in [0.15, 0.2) is 106 Å². The lowest BCUT2D eigenvalue weighted by Crippen LogP contribution is -2.22. The fourth-order valence-electron chi connectivity index (χ4n) is 4.35. The van der Waals surface area contributed by atoms with Crippen LogP contribution in [-0.4, -0.2) is 42.7 Å². The largest absolute Gasteiger partial charge is 0.286 e. The van der Waals surface area contributed by atoms with Crippen LogP contribution in [-0.2, 0) is 20.2 Å². The van der Waals surface area contributed by atoms with Gasteiger partial charge < -0.3 is 0 Å². The van der Waals surface area contributed by atoms with Crippen molar-refractivity contribution in [3.8, 4) is 0 Å². The van der Waals surface area contributed by atoms with E-state index in [0.29, 0.717) is 6.42 Å². The lowest BCUT2D eigenvalue weighted by molar-refractivity contribution is 0.447. The molecular weight excluding hydrogens is 504 g/mol. The molecule has 0 bridgehead atoms. The van der Waals surface area contributed by atoms with Crippen LogP contribution in [0, 0.1) is 0 Å². The molecule has 9 heteroatoms. The van der Waals surface area contributed by atoms with Crippen LogP contribution in [0.1, 0.15) is 32.1 Å². The quantitative estimate of drug-likeness (QED) is 0.203. The molecule has 0 fully saturated rings. The van der Waals surface area contributed by atoms with Gasteiger partial charge in [0.05, 0.1) is 11.0 Å². The highest BCUT2D eigenvalue weighted by Crippen LogP contribution is 2.68. The zero-order chi connectivity index (χ0) is 25.4. The SMILES string of the molecule is O=S(=O)(O)CCCC(CCCCS(c1ccccc1)(c1ccccc1)c1ccccc1)S(=O)(=O)O. The second-order valence-corrected chi connectivity index (χ2v) is 15.0. The van der Waals surface area contributed by atoms with Crippen LogP contribution in [0.4, 0.5) is 0 Å². The lowest BCUT2D eigenvalue weighted by Gasteiger charge is -2.42. The molecule has 35 heavy (non-hydrogen) atoms. The second kappa shape index (κ2) is 12.2. The molecule has 3 aromatic carbocycles. The van der Waals surface area contributed by atoms with Gasteiger partial charge in [0.1, 0.15) is 0 Å². The molecule has 0 saturated carbocycles. The van der Waals surface area contributed by atoms with Crippen LogP contribution in [0.2, 0.25) is 0 Å². The van der Waals surface area contributed by atoms with E-state index in [-0.39, 0.29) is 19.3 Å². The molecule has 1 unspecified atom stereocenters. The minimum atomic E-state index is -4.32. The Balaban J connectivity index is 1.85. The smallest absolute Gasteiger partial charge is 0.267 e. The van der Waals surface area contributed by atoms with Crippen LogP contribution in [0.5, 0.6) is 0 Å². The number of rotatable bonds is 13. The van der Waals surface area contributed by atoms with Crippen molar-refractivity contribution in [2.75, 3.05) is 11.5 Å². The molecule has 3 aromatic rings. The van der Waals surface area contributed by atoms with Gasteiger partial charge in [-0.25, -0.2) is 0 Å². The zero-order valence-corrected chi connectivity index (χ0v) is 21.9. The summed E-state index contributed by atoms with van der Waals surface area (Å²) in [6, 6.07) is 31.1. The van der Waals surface area contributed by atoms with E-state index in [0.717, 1.165) is 12.2 Å². The molecule has 190 valence electrons. The predicted octanol–water partition coefficient (Wildman–Crippen LogP) is 6.06. The molecule has 0 radical (unpaired) electrons. The van der Waals surface area contributed by atoms with E-state index < -0.39 is 41.3 Å². The monoisotopic (exact) mass is 536 g/mol. The van der Waals surface area contributed by atoms with E-state index in [2.05, 4.69) is 36.4 Å². The first-order valence-corrected chi connectivity index (χ1v) is 16.4. The Morgan fingerprint density at radius 3 is 1.31 bits per heavy atom. The molecule has 1 atom stereocenters. The summed E-state index contributed by atoms with van der Waals surface area (Å²) in [6.45, 7) is 0. The minimum absolute atomic E-state index is 0.0212. The molecule has 0 aliphatic carbocycles. The maximum absolute atomic E-state index is 11.9. The third kappa shape index (κ3) is 7.65. The molecule has 2 N–H and O–H groups in total. The molecule has 0 amide bonds. The van der Waals surface area contributed by atoms with E-state index in [4.69, 9.17) is 4.55 Å². The van der Waals surface area contributed by atoms with Crippen LogP contribution in [0.25, 0.3) is 0 Å². The molecule has 3 rings (SSSR count). The number of benzene rings is 3. The molecule has 0 aliphatic heterocycles. The van der Waals surface area contributed by atoms with Crippen molar-refractivity contribution in [1.82, 2.24) is 0 Å². The van der Waals surface area contributed by atoms with E-state index in [1.54, 1.807) is 0 Å². The zero-order valence-electron chi connectivity index (χ0n) is 19.4. The molecule has 6 nitrogen and oxygen atoms in total. The highest BCUT2D eigenvalue weighted by molar-refractivity contribution is 8.33.